The van der Waals surface area contributed by atoms with Crippen LogP contribution in [0.1, 0.15) is 28.4 Å². The molecule has 1 aliphatic rings. The van der Waals surface area contributed by atoms with Crippen LogP contribution in [-0.4, -0.2) is 28.2 Å². The molecule has 1 atom stereocenters. The summed E-state index contributed by atoms with van der Waals surface area (Å²) >= 11 is 6.33. The molecule has 4 rings (SSSR count). The van der Waals surface area contributed by atoms with Crippen molar-refractivity contribution in [3.05, 3.63) is 71.0 Å². The van der Waals surface area contributed by atoms with Crippen molar-refractivity contribution in [3.63, 3.8) is 0 Å². The van der Waals surface area contributed by atoms with E-state index in [-0.39, 0.29) is 0 Å². The Morgan fingerprint density at radius 3 is 2.80 bits per heavy atom. The minimum atomic E-state index is 0.307. The number of rotatable bonds is 5. The van der Waals surface area contributed by atoms with Gasteiger partial charge in [0.1, 0.15) is 5.69 Å². The van der Waals surface area contributed by atoms with Gasteiger partial charge in [0.25, 0.3) is 0 Å². The zero-order valence-corrected chi connectivity index (χ0v) is 14.3. The number of pyridine rings is 1. The van der Waals surface area contributed by atoms with Gasteiger partial charge in [0, 0.05) is 17.5 Å². The monoisotopic (exact) mass is 352 g/mol. The zero-order valence-electron chi connectivity index (χ0n) is 13.5. The molecule has 0 N–H and O–H groups in total. The van der Waals surface area contributed by atoms with Crippen molar-refractivity contribution in [3.8, 4) is 17.1 Å². The number of hydrogen-bond donors (Lipinski definition) is 0. The number of benzene rings is 1. The summed E-state index contributed by atoms with van der Waals surface area (Å²) in [4.78, 5) is 15.4. The first kappa shape index (κ1) is 15.8. The number of nitrogens with zero attached hydrogens (tertiary/aromatic N) is 3. The van der Waals surface area contributed by atoms with Gasteiger partial charge in [0.15, 0.2) is 6.29 Å². The average Bonchev–Trinajstić information content (AvgIpc) is 3.34. The number of methoxy groups -OCH3 is 1. The third-order valence-corrected chi connectivity index (χ3v) is 4.59. The number of ether oxygens (including phenoxy) is 1. The standard InChI is InChI=1S/C19H15ClN3O2/c1-25-19-9-15(16(20)10-21-19)17-7-13(11-24)22-23(17)18-8-14(18)12-5-3-2-4-6-12/h2-7,9-11,14H,8H2,1H3/t14-/m0/s1. The fourth-order valence-electron chi connectivity index (χ4n) is 2.98. The van der Waals surface area contributed by atoms with Gasteiger partial charge in [-0.3, -0.25) is 9.48 Å². The molecule has 0 unspecified atom stereocenters. The molecule has 1 radical (unpaired) electrons. The number of carbonyl (C=O) groups is 1. The summed E-state index contributed by atoms with van der Waals surface area (Å²) < 4.78 is 7.02. The van der Waals surface area contributed by atoms with Gasteiger partial charge in [-0.1, -0.05) is 41.9 Å². The molecule has 2 aromatic heterocycles. The molecule has 0 saturated heterocycles. The van der Waals surface area contributed by atoms with Crippen LogP contribution in [0.25, 0.3) is 11.3 Å². The van der Waals surface area contributed by atoms with E-state index in [0.717, 1.165) is 30.0 Å². The Hall–Kier alpha value is -2.66. The van der Waals surface area contributed by atoms with E-state index >= 15 is 0 Å². The Kier molecular flexibility index (Phi) is 4.01. The van der Waals surface area contributed by atoms with Gasteiger partial charge in [0.05, 0.1) is 30.1 Å². The van der Waals surface area contributed by atoms with E-state index in [1.165, 1.54) is 5.56 Å². The molecule has 2 heterocycles. The van der Waals surface area contributed by atoms with Crippen molar-refractivity contribution in [1.82, 2.24) is 14.8 Å². The highest BCUT2D eigenvalue weighted by Gasteiger charge is 2.43. The molecular weight excluding hydrogens is 338 g/mol. The van der Waals surface area contributed by atoms with Gasteiger partial charge in [-0.25, -0.2) is 4.98 Å². The average molecular weight is 353 g/mol. The Labute approximate surface area is 150 Å². The summed E-state index contributed by atoms with van der Waals surface area (Å²) in [5, 5.41) is 4.91. The van der Waals surface area contributed by atoms with E-state index in [1.807, 2.05) is 22.9 Å². The molecule has 6 heteroatoms. The Balaban J connectivity index is 1.75. The lowest BCUT2D eigenvalue weighted by Gasteiger charge is -2.09. The van der Waals surface area contributed by atoms with Crippen LogP contribution in [0.5, 0.6) is 5.88 Å². The summed E-state index contributed by atoms with van der Waals surface area (Å²) in [6.07, 6.45) is 3.18. The van der Waals surface area contributed by atoms with Gasteiger partial charge in [0.2, 0.25) is 5.88 Å². The van der Waals surface area contributed by atoms with Crippen LogP contribution in [0.2, 0.25) is 5.02 Å². The second-order valence-electron chi connectivity index (χ2n) is 5.85. The molecule has 3 aromatic rings. The molecule has 0 spiro atoms. The maximum Gasteiger partial charge on any atom is 0.213 e. The van der Waals surface area contributed by atoms with Crippen LogP contribution in [0.15, 0.2) is 48.7 Å². The highest BCUT2D eigenvalue weighted by Crippen LogP contribution is 2.51. The van der Waals surface area contributed by atoms with Crippen LogP contribution in [-0.2, 0) is 0 Å². The number of carbonyl (C=O) groups excluding carboxylic acids is 1. The van der Waals surface area contributed by atoms with Crippen LogP contribution in [0, 0.1) is 6.04 Å². The number of hydrogen-bond acceptors (Lipinski definition) is 4. The molecule has 25 heavy (non-hydrogen) atoms. The van der Waals surface area contributed by atoms with Crippen molar-refractivity contribution < 1.29 is 9.53 Å². The van der Waals surface area contributed by atoms with E-state index in [4.69, 9.17) is 16.3 Å². The Bertz CT molecular complexity index is 924. The van der Waals surface area contributed by atoms with Crippen molar-refractivity contribution in [2.75, 3.05) is 7.11 Å². The maximum absolute atomic E-state index is 11.3. The SMILES string of the molecule is COc1cc(-c2cc(C=O)nn2[C]2C[C@H]2c2ccccc2)c(Cl)cn1. The molecule has 5 nitrogen and oxygen atoms in total. The molecule has 0 amide bonds. The molecular formula is C19H15ClN3O2. The highest BCUT2D eigenvalue weighted by atomic mass is 35.5. The first-order valence-corrected chi connectivity index (χ1v) is 8.25. The first-order valence-electron chi connectivity index (χ1n) is 7.87. The summed E-state index contributed by atoms with van der Waals surface area (Å²) in [6, 6.07) is 14.9. The van der Waals surface area contributed by atoms with Crippen molar-refractivity contribution >= 4 is 17.9 Å². The molecule has 1 aromatic carbocycles. The number of halogens is 1. The third kappa shape index (κ3) is 2.91. The minimum Gasteiger partial charge on any atom is -0.481 e. The first-order chi connectivity index (χ1) is 12.2. The van der Waals surface area contributed by atoms with Crippen LogP contribution < -0.4 is 4.74 Å². The molecule has 125 valence electrons. The molecule has 1 fully saturated rings. The van der Waals surface area contributed by atoms with Crippen molar-refractivity contribution in [2.45, 2.75) is 12.3 Å². The second-order valence-corrected chi connectivity index (χ2v) is 6.26. The minimum absolute atomic E-state index is 0.307. The third-order valence-electron chi connectivity index (χ3n) is 4.29. The van der Waals surface area contributed by atoms with Crippen LogP contribution >= 0.6 is 11.6 Å². The van der Waals surface area contributed by atoms with Gasteiger partial charge < -0.3 is 4.74 Å². The van der Waals surface area contributed by atoms with Crippen molar-refractivity contribution in [1.29, 1.82) is 0 Å². The molecule has 0 bridgehead atoms. The van der Waals surface area contributed by atoms with Crippen LogP contribution in [0.4, 0.5) is 0 Å². The lowest BCUT2D eigenvalue weighted by Crippen LogP contribution is -2.03. The topological polar surface area (TPSA) is 57.0 Å². The predicted octanol–water partition coefficient (Wildman–Crippen LogP) is 3.99. The summed E-state index contributed by atoms with van der Waals surface area (Å²) in [6.45, 7) is 0. The number of aldehydes is 1. The fraction of sp³-hybridized carbons (Fsp3) is 0.158. The smallest absolute Gasteiger partial charge is 0.213 e. The molecule has 1 aliphatic carbocycles. The predicted molar refractivity (Wildman–Crippen MR) is 94.8 cm³/mol. The summed E-state index contributed by atoms with van der Waals surface area (Å²) in [5.41, 5.74) is 3.11. The van der Waals surface area contributed by atoms with Gasteiger partial charge in [-0.15, -0.1) is 0 Å². The normalized spacial score (nSPS) is 16.6. The maximum atomic E-state index is 11.3. The molecule has 0 aliphatic heterocycles. The quantitative estimate of drug-likeness (QED) is 0.651. The van der Waals surface area contributed by atoms with E-state index in [2.05, 4.69) is 22.2 Å². The van der Waals surface area contributed by atoms with E-state index in [1.54, 1.807) is 25.4 Å². The zero-order chi connectivity index (χ0) is 17.4. The van der Waals surface area contributed by atoms with Gasteiger partial charge in [-0.05, 0) is 18.1 Å². The highest BCUT2D eigenvalue weighted by molar-refractivity contribution is 6.33. The van der Waals surface area contributed by atoms with Gasteiger partial charge >= 0.3 is 0 Å². The summed E-state index contributed by atoms with van der Waals surface area (Å²) in [5.74, 6) is 0.766. The molecule has 1 saturated carbocycles. The van der Waals surface area contributed by atoms with E-state index in [0.29, 0.717) is 22.5 Å². The fourth-order valence-corrected chi connectivity index (χ4v) is 3.18. The largest absolute Gasteiger partial charge is 0.481 e. The Morgan fingerprint density at radius 1 is 1.28 bits per heavy atom. The Morgan fingerprint density at radius 2 is 2.08 bits per heavy atom. The summed E-state index contributed by atoms with van der Waals surface area (Å²) in [7, 11) is 1.55. The lowest BCUT2D eigenvalue weighted by molar-refractivity contribution is 0.111. The second kappa shape index (κ2) is 6.33. The van der Waals surface area contributed by atoms with Crippen molar-refractivity contribution in [2.24, 2.45) is 0 Å². The van der Waals surface area contributed by atoms with E-state index < -0.39 is 0 Å². The van der Waals surface area contributed by atoms with E-state index in [9.17, 15) is 4.79 Å². The number of aromatic nitrogens is 3. The van der Waals surface area contributed by atoms with Crippen LogP contribution in [0.3, 0.4) is 0 Å². The lowest BCUT2D eigenvalue weighted by atomic mass is 10.1. The van der Waals surface area contributed by atoms with Gasteiger partial charge in [-0.2, -0.15) is 5.10 Å².